The Morgan fingerprint density at radius 1 is 0.947 bits per heavy atom. The van der Waals surface area contributed by atoms with Crippen molar-refractivity contribution >= 4 is 60.9 Å². The van der Waals surface area contributed by atoms with E-state index in [2.05, 4.69) is 27.3 Å². The first-order chi connectivity index (χ1) is 8.88. The Hall–Kier alpha value is -0.420. The van der Waals surface area contributed by atoms with E-state index in [1.807, 2.05) is 22.6 Å². The molecule has 3 nitrogen and oxygen atoms in total. The smallest absolute Gasteiger partial charge is 0.261 e. The Bertz CT molecular complexity index is 702. The number of hydrogen-bond donors (Lipinski definition) is 1. The van der Waals surface area contributed by atoms with Crippen molar-refractivity contribution in [2.24, 2.45) is 0 Å². The minimum atomic E-state index is -3.76. The van der Waals surface area contributed by atoms with Crippen LogP contribution in [0.1, 0.15) is 0 Å². The van der Waals surface area contributed by atoms with Gasteiger partial charge in [0.1, 0.15) is 5.82 Å². The van der Waals surface area contributed by atoms with E-state index in [9.17, 15) is 12.8 Å². The second kappa shape index (κ2) is 5.92. The van der Waals surface area contributed by atoms with Gasteiger partial charge >= 0.3 is 0 Å². The molecule has 0 spiro atoms. The van der Waals surface area contributed by atoms with Gasteiger partial charge in [-0.15, -0.1) is 0 Å². The summed E-state index contributed by atoms with van der Waals surface area (Å²) in [5.41, 5.74) is -0.0565. The molecule has 19 heavy (non-hydrogen) atoms. The molecule has 100 valence electrons. The number of rotatable bonds is 3. The van der Waals surface area contributed by atoms with Crippen molar-refractivity contribution in [3.8, 4) is 0 Å². The van der Waals surface area contributed by atoms with Gasteiger partial charge in [-0.3, -0.25) is 4.72 Å². The minimum Gasteiger partial charge on any atom is -0.277 e. The molecule has 0 aliphatic rings. The van der Waals surface area contributed by atoms with E-state index in [0.29, 0.717) is 3.57 Å². The largest absolute Gasteiger partial charge is 0.277 e. The number of halogens is 3. The maximum absolute atomic E-state index is 13.6. The summed E-state index contributed by atoms with van der Waals surface area (Å²) in [6.07, 6.45) is 0. The summed E-state index contributed by atoms with van der Waals surface area (Å²) in [5, 5.41) is 0. The third-order valence-corrected chi connectivity index (χ3v) is 5.07. The highest BCUT2D eigenvalue weighted by Gasteiger charge is 2.16. The highest BCUT2D eigenvalue weighted by molar-refractivity contribution is 14.1. The number of nitrogens with one attached hydrogen (secondary N) is 1. The van der Waals surface area contributed by atoms with E-state index in [0.717, 1.165) is 3.57 Å². The first-order valence-corrected chi connectivity index (χ1v) is 8.76. The normalized spacial score (nSPS) is 11.3. The Morgan fingerprint density at radius 2 is 1.53 bits per heavy atom. The molecule has 0 unspecified atom stereocenters. The molecule has 0 radical (unpaired) electrons. The van der Waals surface area contributed by atoms with E-state index in [-0.39, 0.29) is 10.6 Å². The summed E-state index contributed by atoms with van der Waals surface area (Å²) in [5.74, 6) is -0.596. The van der Waals surface area contributed by atoms with E-state index in [1.54, 1.807) is 18.2 Å². The number of hydrogen-bond acceptors (Lipinski definition) is 2. The topological polar surface area (TPSA) is 46.2 Å². The molecule has 0 saturated carbocycles. The Kier molecular flexibility index (Phi) is 4.66. The monoisotopic (exact) mass is 503 g/mol. The average molecular weight is 503 g/mol. The first-order valence-electron chi connectivity index (χ1n) is 5.12. The van der Waals surface area contributed by atoms with Gasteiger partial charge < -0.3 is 0 Å². The summed E-state index contributed by atoms with van der Waals surface area (Å²) in [4.78, 5) is 0.103. The van der Waals surface area contributed by atoms with Gasteiger partial charge in [-0.2, -0.15) is 0 Å². The van der Waals surface area contributed by atoms with Crippen LogP contribution in [-0.4, -0.2) is 8.42 Å². The van der Waals surface area contributed by atoms with Crippen LogP contribution in [0.3, 0.4) is 0 Å². The van der Waals surface area contributed by atoms with E-state index < -0.39 is 15.8 Å². The molecule has 0 heterocycles. The molecular formula is C12H8FI2NO2S. The van der Waals surface area contributed by atoms with Gasteiger partial charge in [-0.25, -0.2) is 12.8 Å². The fraction of sp³-hybridized carbons (Fsp3) is 0. The van der Waals surface area contributed by atoms with Crippen molar-refractivity contribution in [3.05, 3.63) is 55.4 Å². The highest BCUT2D eigenvalue weighted by Crippen LogP contribution is 2.21. The number of benzene rings is 2. The van der Waals surface area contributed by atoms with Crippen LogP contribution in [0.25, 0.3) is 0 Å². The van der Waals surface area contributed by atoms with E-state index in [1.165, 1.54) is 24.3 Å². The first kappa shape index (κ1) is 15.0. The lowest BCUT2D eigenvalue weighted by Gasteiger charge is -2.09. The van der Waals surface area contributed by atoms with Gasteiger partial charge in [0.15, 0.2) is 0 Å². The zero-order chi connectivity index (χ0) is 14.0. The zero-order valence-corrected chi connectivity index (χ0v) is 14.5. The second-order valence-electron chi connectivity index (χ2n) is 3.68. The van der Waals surface area contributed by atoms with Gasteiger partial charge in [0.05, 0.1) is 10.6 Å². The van der Waals surface area contributed by atoms with Crippen LogP contribution in [0.4, 0.5) is 10.1 Å². The Labute approximate surface area is 137 Å². The maximum Gasteiger partial charge on any atom is 0.261 e. The van der Waals surface area contributed by atoms with Crippen molar-refractivity contribution in [3.63, 3.8) is 0 Å². The predicted molar refractivity (Wildman–Crippen MR) is 89.1 cm³/mol. The summed E-state index contributed by atoms with van der Waals surface area (Å²) < 4.78 is 41.6. The predicted octanol–water partition coefficient (Wildman–Crippen LogP) is 3.84. The molecule has 0 aliphatic carbocycles. The van der Waals surface area contributed by atoms with Crippen LogP contribution in [-0.2, 0) is 10.0 Å². The van der Waals surface area contributed by atoms with Crippen molar-refractivity contribution in [2.45, 2.75) is 4.90 Å². The SMILES string of the molecule is O=S(=O)(Nc1ccc(I)cc1F)c1ccc(I)cc1. The highest BCUT2D eigenvalue weighted by atomic mass is 127. The third-order valence-electron chi connectivity index (χ3n) is 2.30. The van der Waals surface area contributed by atoms with Crippen molar-refractivity contribution in [1.82, 2.24) is 0 Å². The van der Waals surface area contributed by atoms with Gasteiger partial charge in [0.2, 0.25) is 0 Å². The maximum atomic E-state index is 13.6. The molecule has 2 aromatic rings. The van der Waals surface area contributed by atoms with Crippen LogP contribution < -0.4 is 4.72 Å². The number of anilines is 1. The molecule has 2 rings (SSSR count). The lowest BCUT2D eigenvalue weighted by atomic mass is 10.3. The van der Waals surface area contributed by atoms with Crippen molar-refractivity contribution < 1.29 is 12.8 Å². The lowest BCUT2D eigenvalue weighted by Crippen LogP contribution is -2.14. The van der Waals surface area contributed by atoms with Crippen LogP contribution >= 0.6 is 45.2 Å². The molecule has 0 amide bonds. The Morgan fingerprint density at radius 3 is 2.11 bits per heavy atom. The summed E-state index contributed by atoms with van der Waals surface area (Å²) in [6, 6.07) is 10.6. The fourth-order valence-electron chi connectivity index (χ4n) is 1.39. The molecule has 0 aliphatic heterocycles. The summed E-state index contributed by atoms with van der Waals surface area (Å²) in [7, 11) is -3.76. The van der Waals surface area contributed by atoms with Gasteiger partial charge in [0.25, 0.3) is 10.0 Å². The van der Waals surface area contributed by atoms with Crippen molar-refractivity contribution in [1.29, 1.82) is 0 Å². The van der Waals surface area contributed by atoms with Crippen LogP contribution in [0.15, 0.2) is 47.4 Å². The van der Waals surface area contributed by atoms with Crippen molar-refractivity contribution in [2.75, 3.05) is 4.72 Å². The van der Waals surface area contributed by atoms with Crippen LogP contribution in [0.5, 0.6) is 0 Å². The third kappa shape index (κ3) is 3.78. The van der Waals surface area contributed by atoms with Crippen LogP contribution in [0.2, 0.25) is 0 Å². The molecule has 0 aromatic heterocycles. The molecule has 1 N–H and O–H groups in total. The molecule has 7 heteroatoms. The van der Waals surface area contributed by atoms with Gasteiger partial charge in [-0.1, -0.05) is 0 Å². The standard InChI is InChI=1S/C12H8FI2NO2S/c13-11-7-9(15)3-6-12(11)16-19(17,18)10-4-1-8(14)2-5-10/h1-7,16H. The second-order valence-corrected chi connectivity index (χ2v) is 7.86. The summed E-state index contributed by atoms with van der Waals surface area (Å²) >= 11 is 4.04. The molecule has 0 fully saturated rings. The van der Waals surface area contributed by atoms with E-state index >= 15 is 0 Å². The van der Waals surface area contributed by atoms with Gasteiger partial charge in [0, 0.05) is 7.14 Å². The lowest BCUT2D eigenvalue weighted by molar-refractivity contribution is 0.598. The molecule has 2 aromatic carbocycles. The quantitative estimate of drug-likeness (QED) is 0.648. The number of sulfonamides is 1. The minimum absolute atomic E-state index is 0.0565. The molecule has 0 bridgehead atoms. The molecule has 0 saturated heterocycles. The zero-order valence-electron chi connectivity index (χ0n) is 9.40. The average Bonchev–Trinajstić information content (AvgIpc) is 2.33. The van der Waals surface area contributed by atoms with Crippen LogP contribution in [0, 0.1) is 13.0 Å². The molecule has 0 atom stereocenters. The van der Waals surface area contributed by atoms with Gasteiger partial charge in [-0.05, 0) is 87.6 Å². The fourth-order valence-corrected chi connectivity index (χ4v) is 3.27. The summed E-state index contributed by atoms with van der Waals surface area (Å²) in [6.45, 7) is 0. The Balaban J connectivity index is 2.33. The molecular weight excluding hydrogens is 495 g/mol. The van der Waals surface area contributed by atoms with E-state index in [4.69, 9.17) is 0 Å².